The first-order valence-corrected chi connectivity index (χ1v) is 12.5. The van der Waals surface area contributed by atoms with E-state index >= 15 is 0 Å². The summed E-state index contributed by atoms with van der Waals surface area (Å²) in [5.41, 5.74) is 3.35. The second kappa shape index (κ2) is 8.99. The molecule has 35 heavy (non-hydrogen) atoms. The Morgan fingerprint density at radius 3 is 1.74 bits per heavy atom. The quantitative estimate of drug-likeness (QED) is 0.265. The molecule has 0 spiro atoms. The lowest BCUT2D eigenvalue weighted by Crippen LogP contribution is -2.37. The first-order valence-electron chi connectivity index (χ1n) is 11.6. The largest absolute Gasteiger partial charge is 0.381 e. The second-order valence-corrected chi connectivity index (χ2v) is 9.72. The lowest BCUT2D eigenvalue weighted by molar-refractivity contribution is 0.219. The van der Waals surface area contributed by atoms with Crippen LogP contribution in [0.4, 0.5) is 0 Å². The average molecular weight is 473 g/mol. The highest BCUT2D eigenvalue weighted by Gasteiger charge is 2.38. The number of aliphatic hydroxyl groups is 1. The molecule has 3 nitrogen and oxygen atoms in total. The van der Waals surface area contributed by atoms with E-state index in [0.29, 0.717) is 5.69 Å². The van der Waals surface area contributed by atoms with Gasteiger partial charge in [0.15, 0.2) is 0 Å². The van der Waals surface area contributed by atoms with Gasteiger partial charge < -0.3 is 9.67 Å². The number of aromatic nitrogens is 2. The van der Waals surface area contributed by atoms with Gasteiger partial charge in [0.1, 0.15) is 11.6 Å². The van der Waals surface area contributed by atoms with Crippen LogP contribution in [0.1, 0.15) is 33.4 Å². The van der Waals surface area contributed by atoms with Crippen molar-refractivity contribution in [3.63, 3.8) is 0 Å². The molecule has 0 aliphatic heterocycles. The molecule has 1 atom stereocenters. The summed E-state index contributed by atoms with van der Waals surface area (Å²) in [7, 11) is 0. The number of rotatable bonds is 6. The molecule has 0 bridgehead atoms. The van der Waals surface area contributed by atoms with E-state index in [1.807, 2.05) is 42.9 Å². The summed E-state index contributed by atoms with van der Waals surface area (Å²) in [5, 5.41) is 12.5. The number of thiophene rings is 1. The van der Waals surface area contributed by atoms with Crippen molar-refractivity contribution in [3.05, 3.63) is 161 Å². The van der Waals surface area contributed by atoms with Crippen LogP contribution in [0.2, 0.25) is 0 Å². The number of hydrogen-bond donors (Lipinski definition) is 1. The van der Waals surface area contributed by atoms with Gasteiger partial charge in [-0.1, -0.05) is 109 Å². The van der Waals surface area contributed by atoms with Gasteiger partial charge in [-0.2, -0.15) is 0 Å². The molecule has 2 aromatic heterocycles. The molecule has 0 saturated carbocycles. The molecule has 4 aromatic carbocycles. The smallest absolute Gasteiger partial charge is 0.132 e. The van der Waals surface area contributed by atoms with Crippen LogP contribution in [-0.4, -0.2) is 14.7 Å². The Bertz CT molecular complexity index is 1430. The fourth-order valence-electron chi connectivity index (χ4n) is 4.93. The molecule has 4 heteroatoms. The molecule has 6 rings (SSSR count). The van der Waals surface area contributed by atoms with E-state index in [0.717, 1.165) is 31.7 Å². The highest BCUT2D eigenvalue weighted by molar-refractivity contribution is 7.19. The SMILES string of the molecule is OC(c1cn(C(c2ccccc2)(c2ccccc2)c2ccccc2)cn1)c1cc2ccccc2s1. The topological polar surface area (TPSA) is 38.0 Å². The predicted molar refractivity (Wildman–Crippen MR) is 143 cm³/mol. The summed E-state index contributed by atoms with van der Waals surface area (Å²) < 4.78 is 3.30. The van der Waals surface area contributed by atoms with Gasteiger partial charge in [-0.05, 0) is 34.2 Å². The molecule has 0 aliphatic rings. The molecular weight excluding hydrogens is 448 g/mol. The minimum absolute atomic E-state index is 0.628. The summed E-state index contributed by atoms with van der Waals surface area (Å²) in [6, 6.07) is 41.7. The van der Waals surface area contributed by atoms with Crippen LogP contribution in [0.15, 0.2) is 134 Å². The summed E-state index contributed by atoms with van der Waals surface area (Å²) in [4.78, 5) is 5.61. The van der Waals surface area contributed by atoms with Crippen LogP contribution in [0.25, 0.3) is 10.1 Å². The number of benzene rings is 4. The Labute approximate surface area is 208 Å². The highest BCUT2D eigenvalue weighted by atomic mass is 32.1. The molecule has 0 radical (unpaired) electrons. The Morgan fingerprint density at radius 1 is 0.686 bits per heavy atom. The van der Waals surface area contributed by atoms with Gasteiger partial charge in [-0.15, -0.1) is 11.3 Å². The Balaban J connectivity index is 1.55. The van der Waals surface area contributed by atoms with Crippen molar-refractivity contribution in [2.75, 3.05) is 0 Å². The minimum atomic E-state index is -0.798. The third-order valence-electron chi connectivity index (χ3n) is 6.56. The van der Waals surface area contributed by atoms with Crippen molar-refractivity contribution in [1.82, 2.24) is 9.55 Å². The Hall–Kier alpha value is -3.99. The molecule has 1 unspecified atom stereocenters. The zero-order valence-electron chi connectivity index (χ0n) is 19.0. The van der Waals surface area contributed by atoms with Gasteiger partial charge in [0.2, 0.25) is 0 Å². The van der Waals surface area contributed by atoms with Gasteiger partial charge in [0.25, 0.3) is 0 Å². The van der Waals surface area contributed by atoms with Crippen LogP contribution in [0.5, 0.6) is 0 Å². The third kappa shape index (κ3) is 3.68. The van der Waals surface area contributed by atoms with Crippen molar-refractivity contribution in [3.8, 4) is 0 Å². The number of aliphatic hydroxyl groups excluding tert-OH is 1. The Morgan fingerprint density at radius 2 is 1.20 bits per heavy atom. The van der Waals surface area contributed by atoms with Crippen LogP contribution < -0.4 is 0 Å². The van der Waals surface area contributed by atoms with Gasteiger partial charge in [0.05, 0.1) is 12.0 Å². The molecule has 0 saturated heterocycles. The maximum absolute atomic E-state index is 11.3. The summed E-state index contributed by atoms with van der Waals surface area (Å²) >= 11 is 1.61. The first-order chi connectivity index (χ1) is 17.3. The maximum Gasteiger partial charge on any atom is 0.132 e. The molecule has 6 aromatic rings. The molecule has 170 valence electrons. The monoisotopic (exact) mass is 472 g/mol. The number of fused-ring (bicyclic) bond motifs is 1. The molecular formula is C31H24N2OS. The van der Waals surface area contributed by atoms with E-state index in [1.165, 1.54) is 0 Å². The summed E-state index contributed by atoms with van der Waals surface area (Å²) in [5.74, 6) is 0. The first kappa shape index (κ1) is 21.5. The van der Waals surface area contributed by atoms with Gasteiger partial charge in [0, 0.05) is 15.8 Å². The molecule has 1 N–H and O–H groups in total. The van der Waals surface area contributed by atoms with Crippen LogP contribution in [-0.2, 0) is 5.54 Å². The highest BCUT2D eigenvalue weighted by Crippen LogP contribution is 2.41. The van der Waals surface area contributed by atoms with E-state index in [4.69, 9.17) is 4.98 Å². The van der Waals surface area contributed by atoms with Crippen molar-refractivity contribution in [2.45, 2.75) is 11.6 Å². The second-order valence-electron chi connectivity index (χ2n) is 8.60. The van der Waals surface area contributed by atoms with Crippen LogP contribution >= 0.6 is 11.3 Å². The van der Waals surface area contributed by atoms with E-state index < -0.39 is 11.6 Å². The zero-order valence-corrected chi connectivity index (χ0v) is 19.8. The van der Waals surface area contributed by atoms with Crippen LogP contribution in [0.3, 0.4) is 0 Å². The molecule has 0 aliphatic carbocycles. The van der Waals surface area contributed by atoms with Gasteiger partial charge in [-0.25, -0.2) is 4.98 Å². The Kier molecular flexibility index (Phi) is 5.53. The van der Waals surface area contributed by atoms with E-state index in [-0.39, 0.29) is 0 Å². The molecule has 2 heterocycles. The van der Waals surface area contributed by atoms with Crippen molar-refractivity contribution >= 4 is 21.4 Å². The fraction of sp³-hybridized carbons (Fsp3) is 0.0645. The van der Waals surface area contributed by atoms with E-state index in [2.05, 4.69) is 95.6 Å². The number of hydrogen-bond acceptors (Lipinski definition) is 3. The number of imidazole rings is 1. The predicted octanol–water partition coefficient (Wildman–Crippen LogP) is 7.02. The standard InChI is InChI=1S/C31H24N2OS/c34-30(29-20-23-12-10-11-19-28(23)35-29)27-21-33(22-32-27)31(24-13-4-1-5-14-24,25-15-6-2-7-16-25)26-17-8-3-9-18-26/h1-22,30,34H. The van der Waals surface area contributed by atoms with Crippen molar-refractivity contribution in [1.29, 1.82) is 0 Å². The van der Waals surface area contributed by atoms with Crippen molar-refractivity contribution < 1.29 is 5.11 Å². The fourth-order valence-corrected chi connectivity index (χ4v) is 5.99. The maximum atomic E-state index is 11.3. The van der Waals surface area contributed by atoms with E-state index in [9.17, 15) is 5.11 Å². The normalized spacial score (nSPS) is 12.6. The summed E-state index contributed by atoms with van der Waals surface area (Å²) in [6.45, 7) is 0. The zero-order chi connectivity index (χ0) is 23.7. The van der Waals surface area contributed by atoms with Crippen LogP contribution in [0, 0.1) is 0 Å². The average Bonchev–Trinajstić information content (AvgIpc) is 3.59. The molecule has 0 fully saturated rings. The van der Waals surface area contributed by atoms with E-state index in [1.54, 1.807) is 11.3 Å². The third-order valence-corrected chi connectivity index (χ3v) is 7.73. The minimum Gasteiger partial charge on any atom is -0.381 e. The van der Waals surface area contributed by atoms with Gasteiger partial charge >= 0.3 is 0 Å². The lowest BCUT2D eigenvalue weighted by atomic mass is 9.77. The summed E-state index contributed by atoms with van der Waals surface area (Å²) in [6.07, 6.45) is 3.04. The van der Waals surface area contributed by atoms with Gasteiger partial charge in [-0.3, -0.25) is 0 Å². The molecule has 0 amide bonds. The lowest BCUT2D eigenvalue weighted by Gasteiger charge is -2.37. The van der Waals surface area contributed by atoms with Crippen molar-refractivity contribution in [2.24, 2.45) is 0 Å². The number of nitrogens with zero attached hydrogens (tertiary/aromatic N) is 2.